The molecule has 19 heavy (non-hydrogen) atoms. The second-order valence-electron chi connectivity index (χ2n) is 5.96. The topological polar surface area (TPSA) is 20.3 Å². The first kappa shape index (κ1) is 14.3. The van der Waals surface area contributed by atoms with Gasteiger partial charge in [-0.2, -0.15) is 0 Å². The quantitative estimate of drug-likeness (QED) is 0.753. The molecule has 1 aliphatic heterocycles. The molecule has 0 spiro atoms. The highest BCUT2D eigenvalue weighted by Gasteiger charge is 2.21. The van der Waals surface area contributed by atoms with E-state index in [2.05, 4.69) is 18.7 Å². The van der Waals surface area contributed by atoms with Crippen LogP contribution in [0.4, 0.5) is 0 Å². The van der Waals surface area contributed by atoms with Gasteiger partial charge in [0.1, 0.15) is 0 Å². The van der Waals surface area contributed by atoms with Crippen molar-refractivity contribution in [2.24, 2.45) is 11.8 Å². The van der Waals surface area contributed by atoms with Crippen molar-refractivity contribution in [3.8, 4) is 0 Å². The predicted molar refractivity (Wildman–Crippen MR) is 79.4 cm³/mol. The van der Waals surface area contributed by atoms with E-state index in [9.17, 15) is 4.79 Å². The maximum absolute atomic E-state index is 12.0. The zero-order valence-electron chi connectivity index (χ0n) is 12.1. The predicted octanol–water partition coefficient (Wildman–Crippen LogP) is 3.63. The number of nitrogens with zero attached hydrogens (tertiary/aromatic N) is 1. The number of ketones is 1. The van der Waals surface area contributed by atoms with Gasteiger partial charge in [-0.3, -0.25) is 4.79 Å². The summed E-state index contributed by atoms with van der Waals surface area (Å²) < 4.78 is 0. The van der Waals surface area contributed by atoms with Crippen LogP contribution < -0.4 is 0 Å². The zero-order chi connectivity index (χ0) is 13.7. The lowest BCUT2D eigenvalue weighted by atomic mass is 9.86. The lowest BCUT2D eigenvalue weighted by molar-refractivity contribution is 0.0943. The minimum absolute atomic E-state index is 0.270. The van der Waals surface area contributed by atoms with Crippen LogP contribution in [0.15, 0.2) is 30.3 Å². The van der Waals surface area contributed by atoms with Gasteiger partial charge in [0, 0.05) is 18.5 Å². The Morgan fingerprint density at radius 1 is 1.21 bits per heavy atom. The summed E-state index contributed by atoms with van der Waals surface area (Å²) in [5.74, 6) is 1.95. The monoisotopic (exact) mass is 259 g/mol. The van der Waals surface area contributed by atoms with Crippen LogP contribution in [0, 0.1) is 11.8 Å². The molecule has 104 valence electrons. The molecule has 0 aromatic heterocycles. The molecule has 2 nitrogen and oxygen atoms in total. The van der Waals surface area contributed by atoms with Crippen molar-refractivity contribution in [2.75, 3.05) is 19.6 Å². The molecule has 0 bridgehead atoms. The molecule has 0 aliphatic carbocycles. The van der Waals surface area contributed by atoms with E-state index in [1.807, 2.05) is 30.3 Å². The first-order valence-corrected chi connectivity index (χ1v) is 7.47. The summed E-state index contributed by atoms with van der Waals surface area (Å²) in [4.78, 5) is 14.5. The largest absolute Gasteiger partial charge is 0.303 e. The number of rotatable bonds is 5. The highest BCUT2D eigenvalue weighted by molar-refractivity contribution is 5.96. The molecule has 1 fully saturated rings. The van der Waals surface area contributed by atoms with Gasteiger partial charge in [0.15, 0.2) is 5.78 Å². The molecule has 0 atom stereocenters. The average molecular weight is 259 g/mol. The number of hydrogen-bond donors (Lipinski definition) is 0. The zero-order valence-corrected chi connectivity index (χ0v) is 12.1. The number of carbonyl (C=O) groups is 1. The standard InChI is InChI=1S/C17H25NO/c1-14(2)15-8-11-18(12-9-15)13-10-17(19)16-6-4-3-5-7-16/h3-7,14-15H,8-13H2,1-2H3. The number of hydrogen-bond acceptors (Lipinski definition) is 2. The second-order valence-corrected chi connectivity index (χ2v) is 5.96. The second kappa shape index (κ2) is 6.85. The van der Waals surface area contributed by atoms with Gasteiger partial charge in [-0.25, -0.2) is 0 Å². The summed E-state index contributed by atoms with van der Waals surface area (Å²) >= 11 is 0. The first-order chi connectivity index (χ1) is 9.16. The third-order valence-electron chi connectivity index (χ3n) is 4.33. The molecule has 0 amide bonds. The van der Waals surface area contributed by atoms with E-state index in [0.717, 1.165) is 37.0 Å². The highest BCUT2D eigenvalue weighted by Crippen LogP contribution is 2.24. The van der Waals surface area contributed by atoms with Crippen molar-refractivity contribution >= 4 is 5.78 Å². The normalized spacial score (nSPS) is 17.8. The minimum Gasteiger partial charge on any atom is -0.303 e. The molecule has 0 N–H and O–H groups in total. The fourth-order valence-electron chi connectivity index (χ4n) is 2.87. The highest BCUT2D eigenvalue weighted by atomic mass is 16.1. The lowest BCUT2D eigenvalue weighted by Gasteiger charge is -2.33. The number of piperidine rings is 1. The molecule has 2 rings (SSSR count). The van der Waals surface area contributed by atoms with Crippen LogP contribution in [-0.2, 0) is 0 Å². The molecule has 1 aromatic rings. The van der Waals surface area contributed by atoms with Gasteiger partial charge >= 0.3 is 0 Å². The van der Waals surface area contributed by atoms with E-state index in [-0.39, 0.29) is 5.78 Å². The molecule has 0 radical (unpaired) electrons. The lowest BCUT2D eigenvalue weighted by Crippen LogP contribution is -2.36. The summed E-state index contributed by atoms with van der Waals surface area (Å²) in [6.45, 7) is 7.87. The minimum atomic E-state index is 0.270. The van der Waals surface area contributed by atoms with E-state index in [0.29, 0.717) is 6.42 Å². The fourth-order valence-corrected chi connectivity index (χ4v) is 2.87. The van der Waals surface area contributed by atoms with Crippen LogP contribution in [0.1, 0.15) is 43.5 Å². The van der Waals surface area contributed by atoms with Crippen LogP contribution in [0.3, 0.4) is 0 Å². The van der Waals surface area contributed by atoms with Crippen molar-refractivity contribution < 1.29 is 4.79 Å². The Kier molecular flexibility index (Phi) is 5.15. The number of benzene rings is 1. The fraction of sp³-hybridized carbons (Fsp3) is 0.588. The Hall–Kier alpha value is -1.15. The molecule has 1 saturated heterocycles. The molecule has 0 saturated carbocycles. The van der Waals surface area contributed by atoms with Crippen molar-refractivity contribution in [1.82, 2.24) is 4.90 Å². The summed E-state index contributed by atoms with van der Waals surface area (Å²) in [6, 6.07) is 9.64. The van der Waals surface area contributed by atoms with Crippen molar-refractivity contribution in [2.45, 2.75) is 33.1 Å². The Morgan fingerprint density at radius 3 is 2.42 bits per heavy atom. The smallest absolute Gasteiger partial charge is 0.164 e. The molecule has 1 aliphatic rings. The van der Waals surface area contributed by atoms with Gasteiger partial charge in [0.05, 0.1) is 0 Å². The van der Waals surface area contributed by atoms with Crippen LogP contribution in [0.5, 0.6) is 0 Å². The average Bonchev–Trinajstić information content (AvgIpc) is 2.46. The van der Waals surface area contributed by atoms with Crippen LogP contribution in [0.2, 0.25) is 0 Å². The third-order valence-corrected chi connectivity index (χ3v) is 4.33. The third kappa shape index (κ3) is 4.17. The van der Waals surface area contributed by atoms with Crippen molar-refractivity contribution in [3.05, 3.63) is 35.9 Å². The van der Waals surface area contributed by atoms with E-state index in [1.165, 1.54) is 12.8 Å². The maximum atomic E-state index is 12.0. The Morgan fingerprint density at radius 2 is 1.84 bits per heavy atom. The Bertz CT molecular complexity index is 391. The summed E-state index contributed by atoms with van der Waals surface area (Å²) in [5.41, 5.74) is 0.847. The SMILES string of the molecule is CC(C)C1CCN(CCC(=O)c2ccccc2)CC1. The Balaban J connectivity index is 1.74. The number of likely N-dealkylation sites (tertiary alicyclic amines) is 1. The van der Waals surface area contributed by atoms with Crippen LogP contribution in [0.25, 0.3) is 0 Å². The van der Waals surface area contributed by atoms with Crippen LogP contribution >= 0.6 is 0 Å². The van der Waals surface area contributed by atoms with Crippen LogP contribution in [-0.4, -0.2) is 30.3 Å². The molecule has 2 heteroatoms. The summed E-state index contributed by atoms with van der Waals surface area (Å²) in [5, 5.41) is 0. The Labute approximate surface area is 116 Å². The molecule has 1 heterocycles. The van der Waals surface area contributed by atoms with Gasteiger partial charge in [0.2, 0.25) is 0 Å². The molecule has 0 unspecified atom stereocenters. The van der Waals surface area contributed by atoms with Gasteiger partial charge in [-0.05, 0) is 37.8 Å². The maximum Gasteiger partial charge on any atom is 0.164 e. The van der Waals surface area contributed by atoms with E-state index >= 15 is 0 Å². The van der Waals surface area contributed by atoms with Gasteiger partial charge in [-0.15, -0.1) is 0 Å². The number of carbonyl (C=O) groups excluding carboxylic acids is 1. The molecular formula is C17H25NO. The van der Waals surface area contributed by atoms with E-state index in [4.69, 9.17) is 0 Å². The first-order valence-electron chi connectivity index (χ1n) is 7.47. The van der Waals surface area contributed by atoms with Crippen molar-refractivity contribution in [1.29, 1.82) is 0 Å². The van der Waals surface area contributed by atoms with E-state index < -0.39 is 0 Å². The molecular weight excluding hydrogens is 234 g/mol. The van der Waals surface area contributed by atoms with Gasteiger partial charge in [0.25, 0.3) is 0 Å². The summed E-state index contributed by atoms with van der Waals surface area (Å²) in [6.07, 6.45) is 3.23. The van der Waals surface area contributed by atoms with Crippen molar-refractivity contribution in [3.63, 3.8) is 0 Å². The summed E-state index contributed by atoms with van der Waals surface area (Å²) in [7, 11) is 0. The van der Waals surface area contributed by atoms with Gasteiger partial charge < -0.3 is 4.90 Å². The van der Waals surface area contributed by atoms with Gasteiger partial charge in [-0.1, -0.05) is 44.2 Å². The van der Waals surface area contributed by atoms with E-state index in [1.54, 1.807) is 0 Å². The molecule has 1 aromatic carbocycles. The number of Topliss-reactive ketones (excluding diaryl/α,β-unsaturated/α-hetero) is 1.